The Morgan fingerprint density at radius 3 is 2.37 bits per heavy atom. The molecular weight excluding hydrogens is 370 g/mol. The molecule has 1 aromatic carbocycles. The number of amides is 3. The fraction of sp³-hybridized carbons (Fsp3) is 0.500. The van der Waals surface area contributed by atoms with Gasteiger partial charge in [-0.1, -0.05) is 12.5 Å². The van der Waals surface area contributed by atoms with Crippen molar-refractivity contribution in [1.82, 2.24) is 9.21 Å². The molecule has 0 atom stereocenters. The number of hydrogen-bond donors (Lipinski definition) is 1. The van der Waals surface area contributed by atoms with E-state index in [4.69, 9.17) is 0 Å². The van der Waals surface area contributed by atoms with Crippen molar-refractivity contribution in [3.63, 3.8) is 0 Å². The SMILES string of the molecule is O=C(CCN1C(=O)CCC1=O)Nc1cccc(S(=O)(=O)N2CCCCC2)c1. The number of nitrogens with zero attached hydrogens (tertiary/aromatic N) is 2. The third kappa shape index (κ3) is 4.54. The monoisotopic (exact) mass is 393 g/mol. The van der Waals surface area contributed by atoms with E-state index in [0.29, 0.717) is 18.8 Å². The average molecular weight is 393 g/mol. The van der Waals surface area contributed by atoms with Gasteiger partial charge in [0.25, 0.3) is 0 Å². The Morgan fingerprint density at radius 1 is 1.04 bits per heavy atom. The smallest absolute Gasteiger partial charge is 0.243 e. The molecule has 8 nitrogen and oxygen atoms in total. The minimum Gasteiger partial charge on any atom is -0.326 e. The number of carbonyl (C=O) groups excluding carboxylic acids is 3. The molecule has 2 aliphatic heterocycles. The normalized spacial score (nSPS) is 18.7. The summed E-state index contributed by atoms with van der Waals surface area (Å²) in [4.78, 5) is 36.5. The van der Waals surface area contributed by atoms with Gasteiger partial charge < -0.3 is 5.32 Å². The third-order valence-corrected chi connectivity index (χ3v) is 6.68. The topological polar surface area (TPSA) is 104 Å². The summed E-state index contributed by atoms with van der Waals surface area (Å²) >= 11 is 0. The summed E-state index contributed by atoms with van der Waals surface area (Å²) in [5, 5.41) is 2.64. The predicted octanol–water partition coefficient (Wildman–Crippen LogP) is 1.34. The summed E-state index contributed by atoms with van der Waals surface area (Å²) in [5.74, 6) is -0.903. The lowest BCUT2D eigenvalue weighted by Gasteiger charge is -2.26. The molecule has 27 heavy (non-hydrogen) atoms. The first kappa shape index (κ1) is 19.5. The summed E-state index contributed by atoms with van der Waals surface area (Å²) in [6, 6.07) is 6.15. The fourth-order valence-corrected chi connectivity index (χ4v) is 4.86. The molecule has 0 aliphatic carbocycles. The molecule has 0 saturated carbocycles. The first-order valence-electron chi connectivity index (χ1n) is 9.11. The van der Waals surface area contributed by atoms with E-state index in [1.807, 2.05) is 0 Å². The standard InChI is InChI=1S/C18H23N3O5S/c22-16(9-12-21-17(23)7-8-18(21)24)19-14-5-4-6-15(13-14)27(25,26)20-10-2-1-3-11-20/h4-6,13H,1-3,7-12H2,(H,19,22). The number of carbonyl (C=O) groups is 3. The van der Waals surface area contributed by atoms with Crippen molar-refractivity contribution in [1.29, 1.82) is 0 Å². The Hall–Kier alpha value is -2.26. The number of imide groups is 1. The maximum atomic E-state index is 12.7. The molecular formula is C18H23N3O5S. The van der Waals surface area contributed by atoms with E-state index < -0.39 is 10.0 Å². The third-order valence-electron chi connectivity index (χ3n) is 4.79. The lowest BCUT2D eigenvalue weighted by molar-refractivity contribution is -0.138. The Balaban J connectivity index is 1.62. The molecule has 1 N–H and O–H groups in total. The second-order valence-electron chi connectivity index (χ2n) is 6.73. The van der Waals surface area contributed by atoms with Crippen LogP contribution in [0.25, 0.3) is 0 Å². The lowest BCUT2D eigenvalue weighted by atomic mass is 10.2. The molecule has 3 amide bonds. The van der Waals surface area contributed by atoms with Gasteiger partial charge in [0.05, 0.1) is 4.90 Å². The highest BCUT2D eigenvalue weighted by molar-refractivity contribution is 7.89. The van der Waals surface area contributed by atoms with Gasteiger partial charge in [-0.15, -0.1) is 0 Å². The molecule has 2 saturated heterocycles. The first-order valence-corrected chi connectivity index (χ1v) is 10.6. The van der Waals surface area contributed by atoms with Crippen molar-refractivity contribution in [3.05, 3.63) is 24.3 Å². The van der Waals surface area contributed by atoms with Crippen LogP contribution in [-0.2, 0) is 24.4 Å². The summed E-state index contributed by atoms with van der Waals surface area (Å²) in [6.45, 7) is 1.06. The number of hydrogen-bond acceptors (Lipinski definition) is 5. The highest BCUT2D eigenvalue weighted by atomic mass is 32.2. The predicted molar refractivity (Wildman–Crippen MR) is 98.3 cm³/mol. The van der Waals surface area contributed by atoms with E-state index in [-0.39, 0.29) is 48.4 Å². The summed E-state index contributed by atoms with van der Waals surface area (Å²) in [6.07, 6.45) is 3.09. The molecule has 9 heteroatoms. The van der Waals surface area contributed by atoms with Crippen molar-refractivity contribution >= 4 is 33.4 Å². The minimum atomic E-state index is -3.58. The second-order valence-corrected chi connectivity index (χ2v) is 8.67. The number of anilines is 1. The number of piperidine rings is 1. The van der Waals surface area contributed by atoms with Gasteiger partial charge in [-0.3, -0.25) is 19.3 Å². The fourth-order valence-electron chi connectivity index (χ4n) is 3.30. The zero-order chi connectivity index (χ0) is 19.4. The highest BCUT2D eigenvalue weighted by Gasteiger charge is 2.29. The van der Waals surface area contributed by atoms with Gasteiger partial charge in [-0.2, -0.15) is 4.31 Å². The summed E-state index contributed by atoms with van der Waals surface area (Å²) in [7, 11) is -3.58. The van der Waals surface area contributed by atoms with E-state index in [9.17, 15) is 22.8 Å². The van der Waals surface area contributed by atoms with Crippen molar-refractivity contribution in [2.45, 2.75) is 43.4 Å². The zero-order valence-corrected chi connectivity index (χ0v) is 15.8. The van der Waals surface area contributed by atoms with Gasteiger partial charge in [0.15, 0.2) is 0 Å². The molecule has 0 aromatic heterocycles. The summed E-state index contributed by atoms with van der Waals surface area (Å²) in [5.41, 5.74) is 0.372. The van der Waals surface area contributed by atoms with Crippen LogP contribution in [0.15, 0.2) is 29.2 Å². The first-order chi connectivity index (χ1) is 12.9. The highest BCUT2D eigenvalue weighted by Crippen LogP contribution is 2.23. The number of nitrogens with one attached hydrogen (secondary N) is 1. The molecule has 0 bridgehead atoms. The van der Waals surface area contributed by atoms with Crippen LogP contribution < -0.4 is 5.32 Å². The molecule has 1 aromatic rings. The molecule has 2 fully saturated rings. The van der Waals surface area contributed by atoms with Crippen LogP contribution in [0.2, 0.25) is 0 Å². The number of likely N-dealkylation sites (tertiary alicyclic amines) is 1. The maximum Gasteiger partial charge on any atom is 0.243 e. The van der Waals surface area contributed by atoms with E-state index in [2.05, 4.69) is 5.32 Å². The van der Waals surface area contributed by atoms with E-state index >= 15 is 0 Å². The molecule has 0 radical (unpaired) electrons. The zero-order valence-electron chi connectivity index (χ0n) is 15.0. The Labute approximate surface area is 158 Å². The number of benzene rings is 1. The molecule has 2 heterocycles. The van der Waals surface area contributed by atoms with E-state index in [1.165, 1.54) is 16.4 Å². The van der Waals surface area contributed by atoms with Crippen molar-refractivity contribution < 1.29 is 22.8 Å². The van der Waals surface area contributed by atoms with Crippen LogP contribution in [0.1, 0.15) is 38.5 Å². The quantitative estimate of drug-likeness (QED) is 0.735. The van der Waals surface area contributed by atoms with Gasteiger partial charge in [-0.25, -0.2) is 8.42 Å². The molecule has 146 valence electrons. The van der Waals surface area contributed by atoms with E-state index in [1.54, 1.807) is 12.1 Å². The van der Waals surface area contributed by atoms with Crippen molar-refractivity contribution in [2.75, 3.05) is 25.0 Å². The van der Waals surface area contributed by atoms with Gasteiger partial charge in [0.1, 0.15) is 0 Å². The van der Waals surface area contributed by atoms with Gasteiger partial charge in [0.2, 0.25) is 27.7 Å². The summed E-state index contributed by atoms with van der Waals surface area (Å²) < 4.78 is 26.9. The van der Waals surface area contributed by atoms with Crippen LogP contribution in [0.3, 0.4) is 0 Å². The molecule has 0 spiro atoms. The second kappa shape index (κ2) is 8.18. The minimum absolute atomic E-state index is 0.0272. The average Bonchev–Trinajstić information content (AvgIpc) is 2.99. The van der Waals surface area contributed by atoms with Gasteiger partial charge in [0, 0.05) is 44.6 Å². The largest absolute Gasteiger partial charge is 0.326 e. The lowest BCUT2D eigenvalue weighted by Crippen LogP contribution is -2.35. The Morgan fingerprint density at radius 2 is 1.70 bits per heavy atom. The number of sulfonamides is 1. The van der Waals surface area contributed by atoms with Crippen LogP contribution in [0, 0.1) is 0 Å². The maximum absolute atomic E-state index is 12.7. The molecule has 0 unspecified atom stereocenters. The van der Waals surface area contributed by atoms with E-state index in [0.717, 1.165) is 24.2 Å². The van der Waals surface area contributed by atoms with Gasteiger partial charge in [-0.05, 0) is 31.0 Å². The van der Waals surface area contributed by atoms with Crippen LogP contribution in [0.5, 0.6) is 0 Å². The van der Waals surface area contributed by atoms with Crippen LogP contribution >= 0.6 is 0 Å². The van der Waals surface area contributed by atoms with Crippen molar-refractivity contribution in [2.24, 2.45) is 0 Å². The molecule has 2 aliphatic rings. The van der Waals surface area contributed by atoms with Crippen LogP contribution in [0.4, 0.5) is 5.69 Å². The van der Waals surface area contributed by atoms with Crippen LogP contribution in [-0.4, -0.2) is 55.0 Å². The Bertz CT molecular complexity index is 830. The number of rotatable bonds is 6. The van der Waals surface area contributed by atoms with Crippen molar-refractivity contribution in [3.8, 4) is 0 Å². The Kier molecular flexibility index (Phi) is 5.91. The van der Waals surface area contributed by atoms with Gasteiger partial charge >= 0.3 is 0 Å². The molecule has 3 rings (SSSR count).